The van der Waals surface area contributed by atoms with Gasteiger partial charge in [0.05, 0.1) is 12.2 Å². The van der Waals surface area contributed by atoms with Crippen LogP contribution in [0.2, 0.25) is 0 Å². The highest BCUT2D eigenvalue weighted by molar-refractivity contribution is 5.91. The van der Waals surface area contributed by atoms with Crippen molar-refractivity contribution in [3.63, 3.8) is 0 Å². The minimum atomic E-state index is 0.339. The Balaban J connectivity index is 1.93. The van der Waals surface area contributed by atoms with Crippen LogP contribution in [0.15, 0.2) is 30.3 Å². The number of hydrogen-bond acceptors (Lipinski definition) is 5. The van der Waals surface area contributed by atoms with Gasteiger partial charge in [-0.05, 0) is 25.3 Å². The Labute approximate surface area is 183 Å². The van der Waals surface area contributed by atoms with Crippen LogP contribution in [-0.4, -0.2) is 20.8 Å². The molecule has 0 spiro atoms. The molecular formula is C25H30N4O2. The average Bonchev–Trinajstić information content (AvgIpc) is 3.04. The number of carbonyl (C=O) groups excluding carboxylic acids is 1. The summed E-state index contributed by atoms with van der Waals surface area (Å²) < 4.78 is 7.99. The van der Waals surface area contributed by atoms with Gasteiger partial charge < -0.3 is 19.8 Å². The molecule has 0 fully saturated rings. The molecule has 0 radical (unpaired) electrons. The average molecular weight is 419 g/mol. The van der Waals surface area contributed by atoms with Crippen LogP contribution in [0.4, 0.5) is 5.82 Å². The number of benzene rings is 1. The molecule has 3 rings (SSSR count). The monoisotopic (exact) mass is 418 g/mol. The Morgan fingerprint density at radius 3 is 2.74 bits per heavy atom. The second-order valence-corrected chi connectivity index (χ2v) is 7.54. The molecule has 0 aliphatic rings. The van der Waals surface area contributed by atoms with Crippen molar-refractivity contribution in [1.29, 1.82) is 0 Å². The molecule has 2 N–H and O–H groups in total. The topological polar surface area (TPSA) is 83.0 Å². The van der Waals surface area contributed by atoms with Gasteiger partial charge >= 0.3 is 0 Å². The van der Waals surface area contributed by atoms with Crippen LogP contribution in [0.3, 0.4) is 0 Å². The Morgan fingerprint density at radius 1 is 1.19 bits per heavy atom. The molecule has 0 saturated carbocycles. The van der Waals surface area contributed by atoms with Crippen LogP contribution in [0.25, 0.3) is 11.0 Å². The summed E-state index contributed by atoms with van der Waals surface area (Å²) in [5.41, 5.74) is 10.8. The van der Waals surface area contributed by atoms with Crippen LogP contribution < -0.4 is 5.73 Å². The van der Waals surface area contributed by atoms with Crippen molar-refractivity contribution in [2.24, 2.45) is 0 Å². The van der Waals surface area contributed by atoms with E-state index in [0.29, 0.717) is 32.0 Å². The summed E-state index contributed by atoms with van der Waals surface area (Å²) in [6.45, 7) is 4.99. The van der Waals surface area contributed by atoms with Gasteiger partial charge in [-0.3, -0.25) is 0 Å². The smallest absolute Gasteiger partial charge is 0.151 e. The maximum atomic E-state index is 10.5. The number of nitrogen functional groups attached to an aromatic ring is 1. The van der Waals surface area contributed by atoms with E-state index in [-0.39, 0.29) is 0 Å². The standard InChI is InChI=1S/C25H30N4O2/c1-3-4-15-22-27-23-21(14-10-5-6-11-16-30)19(2)29(24(23)25(26)28-22)18-31-17-20-12-8-7-9-13-20/h7-9,12-13,16H,3-6,11,15,17-18H2,1-2H3,(H2,26,27,28). The molecule has 0 amide bonds. The van der Waals surface area contributed by atoms with Gasteiger partial charge in [0.2, 0.25) is 0 Å². The summed E-state index contributed by atoms with van der Waals surface area (Å²) >= 11 is 0. The molecule has 6 nitrogen and oxygen atoms in total. The lowest BCUT2D eigenvalue weighted by molar-refractivity contribution is -0.107. The molecule has 0 bridgehead atoms. The number of nitrogens with two attached hydrogens (primary N) is 1. The Hall–Kier alpha value is -3.17. The fourth-order valence-electron chi connectivity index (χ4n) is 3.45. The molecular weight excluding hydrogens is 388 g/mol. The lowest BCUT2D eigenvalue weighted by Gasteiger charge is -2.11. The third-order valence-electron chi connectivity index (χ3n) is 5.15. The Kier molecular flexibility index (Phi) is 8.19. The molecule has 0 atom stereocenters. The van der Waals surface area contributed by atoms with Crippen molar-refractivity contribution >= 4 is 23.1 Å². The van der Waals surface area contributed by atoms with Gasteiger partial charge in [0, 0.05) is 25.0 Å². The van der Waals surface area contributed by atoms with E-state index in [2.05, 4.69) is 23.7 Å². The number of hydrogen-bond donors (Lipinski definition) is 1. The van der Waals surface area contributed by atoms with Crippen molar-refractivity contribution in [3.8, 4) is 11.8 Å². The second kappa shape index (κ2) is 11.3. The first-order valence-corrected chi connectivity index (χ1v) is 10.8. The summed E-state index contributed by atoms with van der Waals surface area (Å²) in [4.78, 5) is 19.9. The fraction of sp³-hybridized carbons (Fsp3) is 0.400. The van der Waals surface area contributed by atoms with E-state index in [1.165, 1.54) is 0 Å². The molecule has 2 aromatic heterocycles. The SMILES string of the molecule is CCCCc1nc(N)c2c(n1)c(C#CCCCC=O)c(C)n2COCc1ccccc1. The number of ether oxygens (including phenoxy) is 1. The zero-order valence-electron chi connectivity index (χ0n) is 18.4. The molecule has 0 unspecified atom stereocenters. The lowest BCUT2D eigenvalue weighted by Crippen LogP contribution is -2.08. The molecule has 2 heterocycles. The zero-order valence-corrected chi connectivity index (χ0v) is 18.4. The number of aromatic nitrogens is 3. The van der Waals surface area contributed by atoms with Gasteiger partial charge in [0.25, 0.3) is 0 Å². The quantitative estimate of drug-likeness (QED) is 0.296. The summed E-state index contributed by atoms with van der Waals surface area (Å²) in [5.74, 6) is 7.65. The minimum absolute atomic E-state index is 0.339. The number of rotatable bonds is 10. The number of aryl methyl sites for hydroxylation is 1. The van der Waals surface area contributed by atoms with Crippen molar-refractivity contribution in [2.75, 3.05) is 5.73 Å². The largest absolute Gasteiger partial charge is 0.382 e. The van der Waals surface area contributed by atoms with Gasteiger partial charge in [-0.15, -0.1) is 0 Å². The van der Waals surface area contributed by atoms with Crippen molar-refractivity contribution in [2.45, 2.75) is 65.7 Å². The van der Waals surface area contributed by atoms with Gasteiger partial charge in [0.15, 0.2) is 5.82 Å². The molecule has 3 aromatic rings. The molecule has 162 valence electrons. The van der Waals surface area contributed by atoms with Crippen LogP contribution in [-0.2, 0) is 29.3 Å². The van der Waals surface area contributed by atoms with Crippen LogP contribution in [0.5, 0.6) is 0 Å². The van der Waals surface area contributed by atoms with Gasteiger partial charge in [-0.1, -0.05) is 55.5 Å². The highest BCUT2D eigenvalue weighted by atomic mass is 16.5. The fourth-order valence-corrected chi connectivity index (χ4v) is 3.45. The van der Waals surface area contributed by atoms with E-state index in [9.17, 15) is 4.79 Å². The zero-order chi connectivity index (χ0) is 22.1. The first kappa shape index (κ1) is 22.5. The van der Waals surface area contributed by atoms with E-state index < -0.39 is 0 Å². The molecule has 1 aromatic carbocycles. The van der Waals surface area contributed by atoms with Crippen molar-refractivity contribution in [1.82, 2.24) is 14.5 Å². The molecule has 0 aliphatic carbocycles. The maximum absolute atomic E-state index is 10.5. The normalized spacial score (nSPS) is 10.8. The van der Waals surface area contributed by atoms with E-state index in [0.717, 1.165) is 65.6 Å². The Bertz CT molecular complexity index is 1080. The summed E-state index contributed by atoms with van der Waals surface area (Å²) in [5, 5.41) is 0. The predicted octanol–water partition coefficient (Wildman–Crippen LogP) is 4.56. The number of anilines is 1. The summed E-state index contributed by atoms with van der Waals surface area (Å²) in [6, 6.07) is 10.1. The predicted molar refractivity (Wildman–Crippen MR) is 123 cm³/mol. The van der Waals surface area contributed by atoms with E-state index >= 15 is 0 Å². The molecule has 0 aliphatic heterocycles. The van der Waals surface area contributed by atoms with Gasteiger partial charge in [-0.2, -0.15) is 0 Å². The third-order valence-corrected chi connectivity index (χ3v) is 5.15. The van der Waals surface area contributed by atoms with E-state index in [4.69, 9.17) is 15.5 Å². The van der Waals surface area contributed by atoms with Crippen LogP contribution in [0.1, 0.15) is 61.7 Å². The van der Waals surface area contributed by atoms with Crippen molar-refractivity contribution in [3.05, 3.63) is 53.0 Å². The van der Waals surface area contributed by atoms with Crippen molar-refractivity contribution < 1.29 is 9.53 Å². The third kappa shape index (κ3) is 5.71. The number of aldehydes is 1. The lowest BCUT2D eigenvalue weighted by atomic mass is 10.2. The molecule has 6 heteroatoms. The first-order chi connectivity index (χ1) is 15.2. The summed E-state index contributed by atoms with van der Waals surface area (Å²) in [7, 11) is 0. The number of nitrogens with zero attached hydrogens (tertiary/aromatic N) is 3. The van der Waals surface area contributed by atoms with E-state index in [1.807, 2.05) is 41.8 Å². The first-order valence-electron chi connectivity index (χ1n) is 10.8. The maximum Gasteiger partial charge on any atom is 0.151 e. The number of unbranched alkanes of at least 4 members (excludes halogenated alkanes) is 3. The second-order valence-electron chi connectivity index (χ2n) is 7.54. The highest BCUT2D eigenvalue weighted by Crippen LogP contribution is 2.28. The highest BCUT2D eigenvalue weighted by Gasteiger charge is 2.19. The van der Waals surface area contributed by atoms with Gasteiger partial charge in [-0.25, -0.2) is 9.97 Å². The van der Waals surface area contributed by atoms with E-state index in [1.54, 1.807) is 0 Å². The summed E-state index contributed by atoms with van der Waals surface area (Å²) in [6.07, 6.45) is 5.74. The Morgan fingerprint density at radius 2 is 2.00 bits per heavy atom. The van der Waals surface area contributed by atoms with Crippen LogP contribution in [0, 0.1) is 18.8 Å². The minimum Gasteiger partial charge on any atom is -0.382 e. The number of carbonyl (C=O) groups is 1. The number of fused-ring (bicyclic) bond motifs is 1. The van der Waals surface area contributed by atoms with Crippen LogP contribution >= 0.6 is 0 Å². The molecule has 31 heavy (non-hydrogen) atoms. The molecule has 0 saturated heterocycles. The van der Waals surface area contributed by atoms with Gasteiger partial charge in [0.1, 0.15) is 29.9 Å².